The van der Waals surface area contributed by atoms with Crippen LogP contribution < -0.4 is 10.2 Å². The number of benzene rings is 1. The first-order valence-corrected chi connectivity index (χ1v) is 11.2. The molecule has 160 valence electrons. The molecule has 0 atom stereocenters. The van der Waals surface area contributed by atoms with Gasteiger partial charge in [0.2, 0.25) is 5.95 Å². The maximum Gasteiger partial charge on any atom is 0.340 e. The number of thiophene rings is 1. The van der Waals surface area contributed by atoms with E-state index >= 15 is 0 Å². The van der Waals surface area contributed by atoms with Gasteiger partial charge in [-0.2, -0.15) is 0 Å². The number of piperazine rings is 1. The van der Waals surface area contributed by atoms with Crippen molar-refractivity contribution in [3.8, 4) is 0 Å². The van der Waals surface area contributed by atoms with E-state index in [-0.39, 0.29) is 5.97 Å². The minimum atomic E-state index is -0.369. The molecule has 1 saturated heterocycles. The first-order chi connectivity index (χ1) is 15.1. The molecule has 3 heterocycles. The maximum absolute atomic E-state index is 12.3. The van der Waals surface area contributed by atoms with Crippen molar-refractivity contribution >= 4 is 45.6 Å². The molecule has 4 rings (SSSR count). The van der Waals surface area contributed by atoms with Gasteiger partial charge in [0.05, 0.1) is 12.7 Å². The number of carbonyl (C=O) groups is 1. The number of nitrogens with one attached hydrogen (secondary N) is 1. The van der Waals surface area contributed by atoms with Gasteiger partial charge in [-0.1, -0.05) is 30.3 Å². The fourth-order valence-corrected chi connectivity index (χ4v) is 4.85. The molecule has 0 saturated carbocycles. The molecule has 7 nitrogen and oxygen atoms in total. The quantitative estimate of drug-likeness (QED) is 0.465. The van der Waals surface area contributed by atoms with Crippen molar-refractivity contribution in [3.63, 3.8) is 0 Å². The van der Waals surface area contributed by atoms with Gasteiger partial charge in [0.25, 0.3) is 0 Å². The first-order valence-electron chi connectivity index (χ1n) is 9.97. The van der Waals surface area contributed by atoms with Gasteiger partial charge in [0.1, 0.15) is 5.00 Å². The van der Waals surface area contributed by atoms with Crippen LogP contribution in [0.15, 0.2) is 54.9 Å². The van der Waals surface area contributed by atoms with E-state index in [0.717, 1.165) is 48.4 Å². The molecule has 31 heavy (non-hydrogen) atoms. The zero-order chi connectivity index (χ0) is 21.6. The number of aromatic nitrogens is 2. The Labute approximate surface area is 190 Å². The summed E-state index contributed by atoms with van der Waals surface area (Å²) >= 11 is 7.18. The van der Waals surface area contributed by atoms with Crippen LogP contribution in [0.2, 0.25) is 0 Å². The number of carbonyl (C=O) groups excluding carboxylic acids is 1. The number of ether oxygens (including phenoxy) is 1. The Morgan fingerprint density at radius 2 is 1.84 bits per heavy atom. The number of thiocarbonyl (C=S) groups is 1. The van der Waals surface area contributed by atoms with Crippen molar-refractivity contribution < 1.29 is 9.53 Å². The topological polar surface area (TPSA) is 70.6 Å². The molecule has 0 unspecified atom stereocenters. The summed E-state index contributed by atoms with van der Waals surface area (Å²) in [5, 5.41) is 4.60. The van der Waals surface area contributed by atoms with E-state index in [1.807, 2.05) is 30.3 Å². The van der Waals surface area contributed by atoms with Crippen LogP contribution in [0.4, 0.5) is 10.9 Å². The molecular weight excluding hydrogens is 430 g/mol. The highest BCUT2D eigenvalue weighted by atomic mass is 32.1. The number of nitrogens with zero attached hydrogens (tertiary/aromatic N) is 4. The zero-order valence-corrected chi connectivity index (χ0v) is 18.8. The lowest BCUT2D eigenvalue weighted by Gasteiger charge is -2.36. The summed E-state index contributed by atoms with van der Waals surface area (Å²) in [6, 6.07) is 13.9. The highest BCUT2D eigenvalue weighted by molar-refractivity contribution is 7.80. The number of hydrogen-bond donors (Lipinski definition) is 1. The van der Waals surface area contributed by atoms with Gasteiger partial charge in [-0.15, -0.1) is 11.3 Å². The van der Waals surface area contributed by atoms with Crippen molar-refractivity contribution in [1.82, 2.24) is 14.9 Å². The zero-order valence-electron chi connectivity index (χ0n) is 17.2. The lowest BCUT2D eigenvalue weighted by molar-refractivity contribution is 0.0602. The van der Waals surface area contributed by atoms with Gasteiger partial charge in [-0.25, -0.2) is 14.8 Å². The van der Waals surface area contributed by atoms with Gasteiger partial charge in [-0.05, 0) is 29.9 Å². The van der Waals surface area contributed by atoms with E-state index < -0.39 is 0 Å². The second-order valence-electron chi connectivity index (χ2n) is 7.06. The van der Waals surface area contributed by atoms with Crippen LogP contribution in [-0.2, 0) is 11.2 Å². The van der Waals surface area contributed by atoms with Gasteiger partial charge in [0.15, 0.2) is 5.11 Å². The summed E-state index contributed by atoms with van der Waals surface area (Å²) in [6.45, 7) is 3.05. The third kappa shape index (κ3) is 5.18. The lowest BCUT2D eigenvalue weighted by Crippen LogP contribution is -2.50. The maximum atomic E-state index is 12.3. The Morgan fingerprint density at radius 1 is 1.13 bits per heavy atom. The van der Waals surface area contributed by atoms with E-state index in [1.54, 1.807) is 12.4 Å². The molecule has 0 amide bonds. The highest BCUT2D eigenvalue weighted by Crippen LogP contribution is 2.31. The second kappa shape index (κ2) is 9.84. The molecule has 0 spiro atoms. The number of anilines is 2. The lowest BCUT2D eigenvalue weighted by atomic mass is 10.1. The average molecular weight is 454 g/mol. The van der Waals surface area contributed by atoms with Crippen LogP contribution in [0.3, 0.4) is 0 Å². The number of methoxy groups -OCH3 is 1. The van der Waals surface area contributed by atoms with Crippen LogP contribution in [0.25, 0.3) is 0 Å². The summed E-state index contributed by atoms with van der Waals surface area (Å²) < 4.78 is 4.98. The minimum absolute atomic E-state index is 0.369. The van der Waals surface area contributed by atoms with Crippen molar-refractivity contribution in [2.24, 2.45) is 0 Å². The predicted octanol–water partition coefficient (Wildman–Crippen LogP) is 3.43. The molecule has 0 bridgehead atoms. The van der Waals surface area contributed by atoms with Crippen LogP contribution in [0, 0.1) is 0 Å². The fraction of sp³-hybridized carbons (Fsp3) is 0.273. The summed E-state index contributed by atoms with van der Waals surface area (Å²) in [5.41, 5.74) is 1.70. The molecule has 9 heteroatoms. The van der Waals surface area contributed by atoms with Crippen LogP contribution in [0.5, 0.6) is 0 Å². The van der Waals surface area contributed by atoms with E-state index in [4.69, 9.17) is 17.0 Å². The minimum Gasteiger partial charge on any atom is -0.465 e. The van der Waals surface area contributed by atoms with Crippen molar-refractivity contribution in [3.05, 3.63) is 70.9 Å². The van der Waals surface area contributed by atoms with Gasteiger partial charge < -0.3 is 19.9 Å². The monoisotopic (exact) mass is 453 g/mol. The van der Waals surface area contributed by atoms with Crippen LogP contribution >= 0.6 is 23.6 Å². The van der Waals surface area contributed by atoms with Gasteiger partial charge in [-0.3, -0.25) is 0 Å². The molecule has 0 radical (unpaired) electrons. The van der Waals surface area contributed by atoms with Crippen molar-refractivity contribution in [2.75, 3.05) is 43.5 Å². The van der Waals surface area contributed by atoms with Crippen LogP contribution in [-0.4, -0.2) is 59.2 Å². The van der Waals surface area contributed by atoms with E-state index in [2.05, 4.69) is 37.2 Å². The molecule has 3 aromatic rings. The Morgan fingerprint density at radius 3 is 2.52 bits per heavy atom. The normalized spacial score (nSPS) is 13.7. The highest BCUT2D eigenvalue weighted by Gasteiger charge is 2.23. The Hall–Kier alpha value is -3.04. The molecule has 1 aromatic carbocycles. The average Bonchev–Trinajstić information content (AvgIpc) is 3.21. The summed E-state index contributed by atoms with van der Waals surface area (Å²) in [6.07, 6.45) is 4.25. The Balaban J connectivity index is 1.43. The number of rotatable bonds is 5. The number of hydrogen-bond acceptors (Lipinski definition) is 7. The molecule has 1 N–H and O–H groups in total. The Bertz CT molecular complexity index is 1030. The fourth-order valence-electron chi connectivity index (χ4n) is 3.42. The molecule has 2 aromatic heterocycles. The molecule has 1 aliphatic rings. The van der Waals surface area contributed by atoms with Gasteiger partial charge in [0, 0.05) is 49.9 Å². The third-order valence-electron chi connectivity index (χ3n) is 5.03. The van der Waals surface area contributed by atoms with E-state index in [0.29, 0.717) is 10.7 Å². The number of esters is 1. The van der Waals surface area contributed by atoms with Crippen molar-refractivity contribution in [2.45, 2.75) is 6.42 Å². The van der Waals surface area contributed by atoms with Gasteiger partial charge >= 0.3 is 5.97 Å². The van der Waals surface area contributed by atoms with Crippen molar-refractivity contribution in [1.29, 1.82) is 0 Å². The smallest absolute Gasteiger partial charge is 0.340 e. The summed E-state index contributed by atoms with van der Waals surface area (Å²) in [4.78, 5) is 26.3. The standard InChI is InChI=1S/C22H23N5O2S2/c1-29-20(28)18-15-17(14-16-6-3-2-4-7-16)31-19(18)25-22(30)27-12-10-26(11-13-27)21-23-8-5-9-24-21/h2-9,15H,10-14H2,1H3,(H,25,30). The summed E-state index contributed by atoms with van der Waals surface area (Å²) in [7, 11) is 1.39. The van der Waals surface area contributed by atoms with Crippen LogP contribution in [0.1, 0.15) is 20.8 Å². The summed E-state index contributed by atoms with van der Waals surface area (Å²) in [5.74, 6) is 0.365. The molecular formula is C22H23N5O2S2. The van der Waals surface area contributed by atoms with E-state index in [9.17, 15) is 4.79 Å². The second-order valence-corrected chi connectivity index (χ2v) is 8.59. The van der Waals surface area contributed by atoms with E-state index in [1.165, 1.54) is 24.0 Å². The third-order valence-corrected chi connectivity index (χ3v) is 6.44. The molecule has 0 aliphatic carbocycles. The largest absolute Gasteiger partial charge is 0.465 e. The Kier molecular flexibility index (Phi) is 6.73. The first kappa shape index (κ1) is 21.2. The molecule has 1 fully saturated rings. The predicted molar refractivity (Wildman–Crippen MR) is 127 cm³/mol. The molecule has 1 aliphatic heterocycles. The SMILES string of the molecule is COC(=O)c1cc(Cc2ccccc2)sc1NC(=S)N1CCN(c2ncccn2)CC1.